The van der Waals surface area contributed by atoms with Crippen LogP contribution in [0.4, 0.5) is 4.79 Å². The lowest BCUT2D eigenvalue weighted by atomic mass is 10.3. The highest BCUT2D eigenvalue weighted by molar-refractivity contribution is 8.00. The first-order valence-corrected chi connectivity index (χ1v) is 9.62. The van der Waals surface area contributed by atoms with Gasteiger partial charge in [0.1, 0.15) is 11.4 Å². The first kappa shape index (κ1) is 18.8. The van der Waals surface area contributed by atoms with E-state index >= 15 is 0 Å². The van der Waals surface area contributed by atoms with E-state index in [0.717, 1.165) is 23.9 Å². The molecule has 0 saturated heterocycles. The highest BCUT2D eigenvalue weighted by Crippen LogP contribution is 2.25. The van der Waals surface area contributed by atoms with E-state index in [0.29, 0.717) is 17.2 Å². The van der Waals surface area contributed by atoms with Crippen LogP contribution in [-0.2, 0) is 4.79 Å². The summed E-state index contributed by atoms with van der Waals surface area (Å²) in [7, 11) is 0. The predicted molar refractivity (Wildman–Crippen MR) is 104 cm³/mol. The van der Waals surface area contributed by atoms with Crippen LogP contribution in [0.5, 0.6) is 0 Å². The Morgan fingerprint density at radius 3 is 2.78 bits per heavy atom. The summed E-state index contributed by atoms with van der Waals surface area (Å²) in [6, 6.07) is 9.18. The molecule has 0 spiro atoms. The van der Waals surface area contributed by atoms with E-state index in [9.17, 15) is 9.59 Å². The molecule has 140 valence electrons. The molecule has 1 aromatic carbocycles. The van der Waals surface area contributed by atoms with Gasteiger partial charge in [-0.05, 0) is 18.6 Å². The third-order valence-electron chi connectivity index (χ3n) is 3.74. The number of thioether (sulfide) groups is 1. The molecule has 0 saturated carbocycles. The van der Waals surface area contributed by atoms with Gasteiger partial charge in [-0.1, -0.05) is 43.3 Å². The first-order valence-electron chi connectivity index (χ1n) is 8.63. The van der Waals surface area contributed by atoms with Gasteiger partial charge in [-0.3, -0.25) is 10.1 Å². The number of para-hydroxylation sites is 1. The molecule has 3 aromatic rings. The van der Waals surface area contributed by atoms with Crippen molar-refractivity contribution in [2.24, 2.45) is 0 Å². The van der Waals surface area contributed by atoms with Gasteiger partial charge in [0.2, 0.25) is 5.91 Å². The minimum atomic E-state index is -0.473. The Balaban J connectivity index is 1.65. The van der Waals surface area contributed by atoms with Crippen LogP contribution in [0.2, 0.25) is 0 Å². The monoisotopic (exact) mass is 384 g/mol. The number of hydrogen-bond donors (Lipinski definition) is 2. The van der Waals surface area contributed by atoms with E-state index in [1.165, 1.54) is 18.1 Å². The molecule has 0 aliphatic carbocycles. The summed E-state index contributed by atoms with van der Waals surface area (Å²) in [5.74, 6) is -0.305. The van der Waals surface area contributed by atoms with Crippen LogP contribution in [-0.4, -0.2) is 44.0 Å². The molecule has 0 atom stereocenters. The summed E-state index contributed by atoms with van der Waals surface area (Å²) >= 11 is 1.24. The number of hydrogen-bond acceptors (Lipinski definition) is 6. The van der Waals surface area contributed by atoms with Gasteiger partial charge in [-0.2, -0.15) is 5.10 Å². The lowest BCUT2D eigenvalue weighted by molar-refractivity contribution is -0.117. The largest absolute Gasteiger partial charge is 0.338 e. The van der Waals surface area contributed by atoms with Gasteiger partial charge >= 0.3 is 6.03 Å². The summed E-state index contributed by atoms with van der Waals surface area (Å²) < 4.78 is 1.72. The number of carbonyl (C=O) groups excluding carboxylic acids is 2. The Kier molecular flexibility index (Phi) is 6.37. The number of urea groups is 1. The number of imide groups is 1. The van der Waals surface area contributed by atoms with Crippen molar-refractivity contribution in [1.82, 2.24) is 30.4 Å². The summed E-state index contributed by atoms with van der Waals surface area (Å²) in [4.78, 5) is 32.1. The fourth-order valence-electron chi connectivity index (χ4n) is 2.42. The second-order valence-electron chi connectivity index (χ2n) is 5.75. The second kappa shape index (κ2) is 9.13. The van der Waals surface area contributed by atoms with Crippen LogP contribution in [0.3, 0.4) is 0 Å². The van der Waals surface area contributed by atoms with Crippen molar-refractivity contribution in [3.05, 3.63) is 42.9 Å². The van der Waals surface area contributed by atoms with Crippen LogP contribution < -0.4 is 10.6 Å². The molecule has 0 bridgehead atoms. The molecule has 0 aliphatic heterocycles. The average Bonchev–Trinajstić information content (AvgIpc) is 3.12. The van der Waals surface area contributed by atoms with Crippen molar-refractivity contribution in [3.63, 3.8) is 0 Å². The zero-order valence-electron chi connectivity index (χ0n) is 14.9. The fourth-order valence-corrected chi connectivity index (χ4v) is 3.18. The van der Waals surface area contributed by atoms with Crippen molar-refractivity contribution in [2.45, 2.75) is 24.8 Å². The highest BCUT2D eigenvalue weighted by Gasteiger charge is 2.14. The molecular formula is C18H20N6O2S. The summed E-state index contributed by atoms with van der Waals surface area (Å²) in [6.07, 6.45) is 4.98. The molecule has 2 heterocycles. The number of benzene rings is 1. The Hall–Kier alpha value is -2.94. The Labute approximate surface area is 160 Å². The fraction of sp³-hybridized carbons (Fsp3) is 0.278. The lowest BCUT2D eigenvalue weighted by Crippen LogP contribution is -2.40. The van der Waals surface area contributed by atoms with Crippen LogP contribution in [0.1, 0.15) is 19.8 Å². The van der Waals surface area contributed by atoms with Crippen LogP contribution in [0, 0.1) is 0 Å². The summed E-state index contributed by atoms with van der Waals surface area (Å²) in [6.45, 7) is 2.58. The SMILES string of the molecule is CCCCNC(=O)NC(=O)CSc1ncnc2c1cnn2-c1ccccc1. The number of nitrogens with one attached hydrogen (secondary N) is 2. The Morgan fingerprint density at radius 1 is 1.19 bits per heavy atom. The molecule has 9 heteroatoms. The molecule has 27 heavy (non-hydrogen) atoms. The Morgan fingerprint density at radius 2 is 2.00 bits per heavy atom. The van der Waals surface area contributed by atoms with Gasteiger partial charge in [0, 0.05) is 6.54 Å². The zero-order chi connectivity index (χ0) is 19.1. The third-order valence-corrected chi connectivity index (χ3v) is 4.74. The number of aromatic nitrogens is 4. The molecule has 0 radical (unpaired) electrons. The Bertz CT molecular complexity index is 928. The van der Waals surface area contributed by atoms with E-state index in [1.807, 2.05) is 37.3 Å². The molecule has 0 fully saturated rings. The molecule has 2 aromatic heterocycles. The van der Waals surface area contributed by atoms with Gasteiger partial charge in [-0.15, -0.1) is 0 Å². The molecule has 0 unspecified atom stereocenters. The molecule has 3 amide bonds. The number of amides is 3. The smallest absolute Gasteiger partial charge is 0.321 e. The number of nitrogens with zero attached hydrogens (tertiary/aromatic N) is 4. The van der Waals surface area contributed by atoms with Crippen LogP contribution in [0.15, 0.2) is 47.9 Å². The molecule has 3 rings (SSSR count). The van der Waals surface area contributed by atoms with Crippen molar-refractivity contribution < 1.29 is 9.59 Å². The predicted octanol–water partition coefficient (Wildman–Crippen LogP) is 2.53. The second-order valence-corrected chi connectivity index (χ2v) is 6.72. The minimum Gasteiger partial charge on any atom is -0.338 e. The van der Waals surface area contributed by atoms with E-state index < -0.39 is 6.03 Å². The number of rotatable bonds is 7. The van der Waals surface area contributed by atoms with Crippen LogP contribution >= 0.6 is 11.8 Å². The standard InChI is InChI=1S/C18H20N6O2S/c1-2-3-9-19-18(26)23-15(25)11-27-17-14-10-22-24(16(14)20-12-21-17)13-7-5-4-6-8-13/h4-8,10,12H,2-3,9,11H2,1H3,(H2,19,23,25,26). The van der Waals surface area contributed by atoms with E-state index in [1.54, 1.807) is 10.9 Å². The first-order chi connectivity index (χ1) is 13.2. The van der Waals surface area contributed by atoms with E-state index in [2.05, 4.69) is 25.7 Å². The number of carbonyl (C=O) groups is 2. The maximum atomic E-state index is 12.0. The van der Waals surface area contributed by atoms with Gasteiger partial charge in [0.15, 0.2) is 5.65 Å². The molecule has 2 N–H and O–H groups in total. The highest BCUT2D eigenvalue weighted by atomic mass is 32.2. The van der Waals surface area contributed by atoms with Crippen molar-refractivity contribution in [3.8, 4) is 5.69 Å². The molecule has 8 nitrogen and oxygen atoms in total. The van der Waals surface area contributed by atoms with Gasteiger partial charge < -0.3 is 5.32 Å². The van der Waals surface area contributed by atoms with Gasteiger partial charge in [0.25, 0.3) is 0 Å². The zero-order valence-corrected chi connectivity index (χ0v) is 15.7. The summed E-state index contributed by atoms with van der Waals surface area (Å²) in [5, 5.41) is 10.7. The topological polar surface area (TPSA) is 102 Å². The maximum absolute atomic E-state index is 12.0. The normalized spacial score (nSPS) is 10.7. The van der Waals surface area contributed by atoms with Crippen molar-refractivity contribution in [1.29, 1.82) is 0 Å². The number of fused-ring (bicyclic) bond motifs is 1. The van der Waals surface area contributed by atoms with Gasteiger partial charge in [0.05, 0.1) is 23.0 Å². The van der Waals surface area contributed by atoms with Crippen molar-refractivity contribution >= 4 is 34.7 Å². The average molecular weight is 384 g/mol. The molecule has 0 aliphatic rings. The van der Waals surface area contributed by atoms with Gasteiger partial charge in [-0.25, -0.2) is 19.4 Å². The van der Waals surface area contributed by atoms with E-state index in [4.69, 9.17) is 0 Å². The van der Waals surface area contributed by atoms with E-state index in [-0.39, 0.29) is 11.7 Å². The lowest BCUT2D eigenvalue weighted by Gasteiger charge is -2.06. The quantitative estimate of drug-likeness (QED) is 0.369. The minimum absolute atomic E-state index is 0.0732. The maximum Gasteiger partial charge on any atom is 0.321 e. The third kappa shape index (κ3) is 4.82. The van der Waals surface area contributed by atoms with Crippen LogP contribution in [0.25, 0.3) is 16.7 Å². The van der Waals surface area contributed by atoms with Crippen molar-refractivity contribution in [2.75, 3.05) is 12.3 Å². The number of unbranched alkanes of at least 4 members (excludes halogenated alkanes) is 1. The molecular weight excluding hydrogens is 364 g/mol. The summed E-state index contributed by atoms with van der Waals surface area (Å²) in [5.41, 5.74) is 1.56.